The molecule has 74 valence electrons. The van der Waals surface area contributed by atoms with Crippen LogP contribution in [0.5, 0.6) is 0 Å². The molecule has 0 spiro atoms. The van der Waals surface area contributed by atoms with Crippen molar-refractivity contribution in [3.05, 3.63) is 0 Å². The Labute approximate surface area is 85.6 Å². The predicted molar refractivity (Wildman–Crippen MR) is 60.4 cm³/mol. The lowest BCUT2D eigenvalue weighted by molar-refractivity contribution is 0.334. The number of rotatable bonds is 7. The van der Waals surface area contributed by atoms with Crippen LogP contribution < -0.4 is 5.32 Å². The van der Waals surface area contributed by atoms with E-state index in [1.807, 2.05) is 11.8 Å². The van der Waals surface area contributed by atoms with Gasteiger partial charge in [-0.05, 0) is 18.1 Å². The topological polar surface area (TPSA) is 12.0 Å². The standard InChI is InChI=1S/C9H20ClNS/c1-9(2,4-5-10)8-11-6-7-12-3/h11H,4-8H2,1-3H3. The average Bonchev–Trinajstić information content (AvgIpc) is 1.98. The highest BCUT2D eigenvalue weighted by molar-refractivity contribution is 7.98. The van der Waals surface area contributed by atoms with E-state index in [9.17, 15) is 0 Å². The fraction of sp³-hybridized carbons (Fsp3) is 1.00. The molecular weight excluding hydrogens is 190 g/mol. The molecule has 0 unspecified atom stereocenters. The zero-order valence-corrected chi connectivity index (χ0v) is 9.89. The highest BCUT2D eigenvalue weighted by Crippen LogP contribution is 2.19. The van der Waals surface area contributed by atoms with Crippen LogP contribution in [-0.2, 0) is 0 Å². The Hall–Kier alpha value is 0.600. The van der Waals surface area contributed by atoms with Crippen molar-refractivity contribution in [2.75, 3.05) is 31.0 Å². The molecule has 0 aromatic carbocycles. The van der Waals surface area contributed by atoms with E-state index in [-0.39, 0.29) is 0 Å². The molecule has 0 aromatic rings. The molecule has 0 saturated heterocycles. The minimum atomic E-state index is 0.347. The number of thioether (sulfide) groups is 1. The molecule has 0 rings (SSSR count). The molecule has 0 radical (unpaired) electrons. The van der Waals surface area contributed by atoms with Crippen LogP contribution in [0.15, 0.2) is 0 Å². The third-order valence-electron chi connectivity index (χ3n) is 1.86. The highest BCUT2D eigenvalue weighted by Gasteiger charge is 2.15. The lowest BCUT2D eigenvalue weighted by Crippen LogP contribution is -2.31. The molecule has 0 fully saturated rings. The van der Waals surface area contributed by atoms with E-state index >= 15 is 0 Å². The molecule has 0 bridgehead atoms. The predicted octanol–water partition coefficient (Wildman–Crippen LogP) is 2.59. The van der Waals surface area contributed by atoms with E-state index in [1.165, 1.54) is 5.75 Å². The van der Waals surface area contributed by atoms with Gasteiger partial charge < -0.3 is 5.32 Å². The number of hydrogen-bond donors (Lipinski definition) is 1. The molecule has 1 nitrogen and oxygen atoms in total. The van der Waals surface area contributed by atoms with Crippen LogP contribution in [0.1, 0.15) is 20.3 Å². The van der Waals surface area contributed by atoms with E-state index in [0.717, 1.165) is 25.4 Å². The summed E-state index contributed by atoms with van der Waals surface area (Å²) in [5.74, 6) is 1.95. The Balaban J connectivity index is 3.33. The van der Waals surface area contributed by atoms with Gasteiger partial charge in [-0.15, -0.1) is 11.6 Å². The van der Waals surface area contributed by atoms with E-state index < -0.39 is 0 Å². The highest BCUT2D eigenvalue weighted by atomic mass is 35.5. The van der Waals surface area contributed by atoms with Crippen LogP contribution >= 0.6 is 23.4 Å². The Morgan fingerprint density at radius 3 is 2.58 bits per heavy atom. The summed E-state index contributed by atoms with van der Waals surface area (Å²) in [7, 11) is 0. The van der Waals surface area contributed by atoms with Crippen molar-refractivity contribution in [3.63, 3.8) is 0 Å². The van der Waals surface area contributed by atoms with Gasteiger partial charge in [0.05, 0.1) is 0 Å². The third kappa shape index (κ3) is 7.26. The Morgan fingerprint density at radius 1 is 1.42 bits per heavy atom. The number of nitrogens with one attached hydrogen (secondary N) is 1. The number of alkyl halides is 1. The summed E-state index contributed by atoms with van der Waals surface area (Å²) in [6.07, 6.45) is 3.21. The minimum Gasteiger partial charge on any atom is -0.315 e. The molecule has 0 atom stereocenters. The van der Waals surface area contributed by atoms with Crippen molar-refractivity contribution < 1.29 is 0 Å². The molecule has 0 heterocycles. The van der Waals surface area contributed by atoms with Gasteiger partial charge in [0.1, 0.15) is 0 Å². The molecule has 0 amide bonds. The zero-order valence-electron chi connectivity index (χ0n) is 8.32. The summed E-state index contributed by atoms with van der Waals surface area (Å²) >= 11 is 7.57. The van der Waals surface area contributed by atoms with Gasteiger partial charge in [-0.2, -0.15) is 11.8 Å². The smallest absolute Gasteiger partial charge is 0.0229 e. The van der Waals surface area contributed by atoms with E-state index in [0.29, 0.717) is 5.41 Å². The minimum absolute atomic E-state index is 0.347. The van der Waals surface area contributed by atoms with Crippen LogP contribution in [0.4, 0.5) is 0 Å². The second-order valence-electron chi connectivity index (χ2n) is 3.77. The third-order valence-corrected chi connectivity index (χ3v) is 2.66. The Morgan fingerprint density at radius 2 is 2.08 bits per heavy atom. The first-order chi connectivity index (χ1) is 5.62. The van der Waals surface area contributed by atoms with E-state index in [1.54, 1.807) is 0 Å². The van der Waals surface area contributed by atoms with Gasteiger partial charge in [-0.25, -0.2) is 0 Å². The second-order valence-corrected chi connectivity index (χ2v) is 5.14. The first-order valence-electron chi connectivity index (χ1n) is 4.38. The Kier molecular flexibility index (Phi) is 7.40. The van der Waals surface area contributed by atoms with Crippen LogP contribution in [0.2, 0.25) is 0 Å². The maximum Gasteiger partial charge on any atom is 0.0229 e. The SMILES string of the molecule is CSCCNCC(C)(C)CCCl. The molecule has 0 aliphatic rings. The number of halogens is 1. The summed E-state index contributed by atoms with van der Waals surface area (Å²) in [5, 5.41) is 3.43. The molecule has 12 heavy (non-hydrogen) atoms. The van der Waals surface area contributed by atoms with Gasteiger partial charge in [0, 0.05) is 24.7 Å². The second kappa shape index (κ2) is 7.05. The quantitative estimate of drug-likeness (QED) is 0.511. The van der Waals surface area contributed by atoms with E-state index in [2.05, 4.69) is 25.4 Å². The molecule has 0 aliphatic heterocycles. The molecule has 0 aliphatic carbocycles. The largest absolute Gasteiger partial charge is 0.315 e. The van der Waals surface area contributed by atoms with Crippen molar-refractivity contribution in [2.24, 2.45) is 5.41 Å². The van der Waals surface area contributed by atoms with Gasteiger partial charge in [-0.1, -0.05) is 13.8 Å². The lowest BCUT2D eigenvalue weighted by atomic mass is 9.90. The van der Waals surface area contributed by atoms with Crippen LogP contribution in [0.3, 0.4) is 0 Å². The monoisotopic (exact) mass is 209 g/mol. The van der Waals surface area contributed by atoms with Crippen molar-refractivity contribution in [1.82, 2.24) is 5.32 Å². The fourth-order valence-corrected chi connectivity index (χ4v) is 1.81. The first-order valence-corrected chi connectivity index (χ1v) is 6.31. The first kappa shape index (κ1) is 12.6. The normalized spacial score (nSPS) is 12.0. The summed E-state index contributed by atoms with van der Waals surface area (Å²) in [5.41, 5.74) is 0.347. The molecule has 0 aromatic heterocycles. The molecule has 0 saturated carbocycles. The molecule has 1 N–H and O–H groups in total. The van der Waals surface area contributed by atoms with Gasteiger partial charge in [0.2, 0.25) is 0 Å². The van der Waals surface area contributed by atoms with Crippen molar-refractivity contribution in [3.8, 4) is 0 Å². The van der Waals surface area contributed by atoms with Crippen molar-refractivity contribution in [2.45, 2.75) is 20.3 Å². The summed E-state index contributed by atoms with van der Waals surface area (Å²) < 4.78 is 0. The van der Waals surface area contributed by atoms with Crippen LogP contribution in [0.25, 0.3) is 0 Å². The molecular formula is C9H20ClNS. The summed E-state index contributed by atoms with van der Waals surface area (Å²) in [6, 6.07) is 0. The fourth-order valence-electron chi connectivity index (χ4n) is 0.945. The van der Waals surface area contributed by atoms with Crippen molar-refractivity contribution >= 4 is 23.4 Å². The van der Waals surface area contributed by atoms with Gasteiger partial charge in [0.15, 0.2) is 0 Å². The summed E-state index contributed by atoms with van der Waals surface area (Å²) in [4.78, 5) is 0. The Bertz CT molecular complexity index is 107. The molecule has 3 heteroatoms. The van der Waals surface area contributed by atoms with Gasteiger partial charge in [-0.3, -0.25) is 0 Å². The van der Waals surface area contributed by atoms with Gasteiger partial charge >= 0.3 is 0 Å². The maximum absolute atomic E-state index is 5.69. The average molecular weight is 210 g/mol. The number of hydrogen-bond acceptors (Lipinski definition) is 2. The zero-order chi connectivity index (χ0) is 9.45. The van der Waals surface area contributed by atoms with Crippen LogP contribution in [-0.4, -0.2) is 31.0 Å². The van der Waals surface area contributed by atoms with E-state index in [4.69, 9.17) is 11.6 Å². The lowest BCUT2D eigenvalue weighted by Gasteiger charge is -2.23. The summed E-state index contributed by atoms with van der Waals surface area (Å²) in [6.45, 7) is 6.68. The van der Waals surface area contributed by atoms with Gasteiger partial charge in [0.25, 0.3) is 0 Å². The van der Waals surface area contributed by atoms with Crippen LogP contribution in [0, 0.1) is 5.41 Å². The maximum atomic E-state index is 5.69. The van der Waals surface area contributed by atoms with Crippen molar-refractivity contribution in [1.29, 1.82) is 0 Å².